The lowest BCUT2D eigenvalue weighted by molar-refractivity contribution is 0.322. The Kier molecular flexibility index (Phi) is 2.78. The minimum absolute atomic E-state index is 0.450. The van der Waals surface area contributed by atoms with Crippen molar-refractivity contribution in [1.29, 1.82) is 0 Å². The summed E-state index contributed by atoms with van der Waals surface area (Å²) in [7, 11) is 0. The Hall–Kier alpha value is -1.84. The minimum Gasteiger partial charge on any atom is -0.354 e. The van der Waals surface area contributed by atoms with Crippen molar-refractivity contribution < 1.29 is 0 Å². The Balaban J connectivity index is 2.01. The van der Waals surface area contributed by atoms with Crippen LogP contribution in [-0.4, -0.2) is 21.3 Å². The molecular weight excluding hydrogens is 224 g/mol. The van der Waals surface area contributed by atoms with Gasteiger partial charge in [-0.25, -0.2) is 4.68 Å². The summed E-state index contributed by atoms with van der Waals surface area (Å²) < 4.78 is 2.05. The highest BCUT2D eigenvalue weighted by atomic mass is 15.4. The quantitative estimate of drug-likeness (QED) is 0.880. The van der Waals surface area contributed by atoms with E-state index >= 15 is 0 Å². The van der Waals surface area contributed by atoms with Crippen molar-refractivity contribution in [3.8, 4) is 11.4 Å². The van der Waals surface area contributed by atoms with Crippen molar-refractivity contribution in [2.24, 2.45) is 5.92 Å². The molecule has 1 N–H and O–H groups in total. The van der Waals surface area contributed by atoms with Crippen molar-refractivity contribution in [3.05, 3.63) is 30.3 Å². The Morgan fingerprint density at radius 2 is 2.06 bits per heavy atom. The Bertz CT molecular complexity index is 530. The van der Waals surface area contributed by atoms with E-state index in [1.54, 1.807) is 0 Å². The molecule has 2 heterocycles. The van der Waals surface area contributed by atoms with Crippen LogP contribution in [0.2, 0.25) is 0 Å². The highest BCUT2D eigenvalue weighted by Crippen LogP contribution is 2.29. The molecule has 0 aliphatic carbocycles. The molecule has 1 aliphatic rings. The first-order chi connectivity index (χ1) is 8.75. The van der Waals surface area contributed by atoms with Crippen LogP contribution in [0.4, 0.5) is 5.95 Å². The number of fused-ring (bicyclic) bond motifs is 1. The van der Waals surface area contributed by atoms with E-state index < -0.39 is 0 Å². The summed E-state index contributed by atoms with van der Waals surface area (Å²) in [4.78, 5) is 4.59. The Morgan fingerprint density at radius 3 is 2.78 bits per heavy atom. The lowest BCUT2D eigenvalue weighted by atomic mass is 10.0. The fourth-order valence-corrected chi connectivity index (χ4v) is 2.45. The molecular formula is C14H18N4. The number of hydrogen-bond acceptors (Lipinski definition) is 3. The summed E-state index contributed by atoms with van der Waals surface area (Å²) in [6, 6.07) is 10.6. The maximum absolute atomic E-state index is 4.67. The summed E-state index contributed by atoms with van der Waals surface area (Å²) in [6.07, 6.45) is 1.11. The molecule has 1 unspecified atom stereocenters. The van der Waals surface area contributed by atoms with Gasteiger partial charge in [-0.3, -0.25) is 0 Å². The van der Waals surface area contributed by atoms with E-state index in [1.165, 1.54) is 0 Å². The third kappa shape index (κ3) is 1.88. The average Bonchev–Trinajstić information content (AvgIpc) is 2.83. The van der Waals surface area contributed by atoms with Crippen LogP contribution in [0.5, 0.6) is 0 Å². The topological polar surface area (TPSA) is 42.7 Å². The fraction of sp³-hybridized carbons (Fsp3) is 0.429. The molecule has 1 aromatic heterocycles. The molecule has 0 radical (unpaired) electrons. The first kappa shape index (κ1) is 11.3. The van der Waals surface area contributed by atoms with Gasteiger partial charge in [-0.1, -0.05) is 44.2 Å². The Morgan fingerprint density at radius 1 is 1.28 bits per heavy atom. The van der Waals surface area contributed by atoms with Crippen molar-refractivity contribution in [3.63, 3.8) is 0 Å². The van der Waals surface area contributed by atoms with E-state index in [0.29, 0.717) is 12.0 Å². The zero-order valence-electron chi connectivity index (χ0n) is 10.8. The lowest BCUT2D eigenvalue weighted by Crippen LogP contribution is -2.27. The standard InChI is InChI=1S/C14H18N4/c1-10(2)12-8-9-15-14-16-13(17-18(12)14)11-6-4-3-5-7-11/h3-7,10,12H,8-9H2,1-2H3,(H,15,16,17). The molecule has 94 valence electrons. The van der Waals surface area contributed by atoms with Crippen LogP contribution in [0.25, 0.3) is 11.4 Å². The van der Waals surface area contributed by atoms with Crippen LogP contribution in [0.3, 0.4) is 0 Å². The van der Waals surface area contributed by atoms with Crippen LogP contribution >= 0.6 is 0 Å². The van der Waals surface area contributed by atoms with E-state index in [-0.39, 0.29) is 0 Å². The Labute approximate surface area is 107 Å². The molecule has 4 nitrogen and oxygen atoms in total. The number of aromatic nitrogens is 3. The molecule has 1 aromatic carbocycles. The molecule has 0 spiro atoms. The number of nitrogens with one attached hydrogen (secondary N) is 1. The molecule has 1 atom stereocenters. The number of rotatable bonds is 2. The summed E-state index contributed by atoms with van der Waals surface area (Å²) in [5.74, 6) is 2.29. The van der Waals surface area contributed by atoms with Gasteiger partial charge in [0, 0.05) is 12.1 Å². The largest absolute Gasteiger partial charge is 0.354 e. The third-order valence-corrected chi connectivity index (χ3v) is 3.47. The maximum Gasteiger partial charge on any atom is 0.221 e. The zero-order valence-corrected chi connectivity index (χ0v) is 10.8. The molecule has 3 rings (SSSR count). The first-order valence-corrected chi connectivity index (χ1v) is 6.51. The number of anilines is 1. The molecule has 4 heteroatoms. The summed E-state index contributed by atoms with van der Waals surface area (Å²) in [6.45, 7) is 5.46. The fourth-order valence-electron chi connectivity index (χ4n) is 2.45. The monoisotopic (exact) mass is 242 g/mol. The molecule has 0 saturated carbocycles. The van der Waals surface area contributed by atoms with Gasteiger partial charge in [0.2, 0.25) is 5.95 Å². The van der Waals surface area contributed by atoms with E-state index in [9.17, 15) is 0 Å². The van der Waals surface area contributed by atoms with Crippen molar-refractivity contribution in [2.75, 3.05) is 11.9 Å². The molecule has 0 fully saturated rings. The second-order valence-corrected chi connectivity index (χ2v) is 5.10. The lowest BCUT2D eigenvalue weighted by Gasteiger charge is -2.27. The number of benzene rings is 1. The van der Waals surface area contributed by atoms with Gasteiger partial charge in [0.05, 0.1) is 6.04 Å². The van der Waals surface area contributed by atoms with E-state index in [4.69, 9.17) is 0 Å². The zero-order chi connectivity index (χ0) is 12.5. The highest BCUT2D eigenvalue weighted by Gasteiger charge is 2.25. The predicted octanol–water partition coefficient (Wildman–Crippen LogP) is 2.96. The average molecular weight is 242 g/mol. The van der Waals surface area contributed by atoms with Gasteiger partial charge in [0.15, 0.2) is 5.82 Å². The summed E-state index contributed by atoms with van der Waals surface area (Å²) >= 11 is 0. The third-order valence-electron chi connectivity index (χ3n) is 3.47. The molecule has 1 aliphatic heterocycles. The van der Waals surface area contributed by atoms with Gasteiger partial charge in [-0.2, -0.15) is 4.98 Å². The SMILES string of the molecule is CC(C)C1CCNc2nc(-c3ccccc3)nn21. The van der Waals surface area contributed by atoms with Gasteiger partial charge in [0.25, 0.3) is 0 Å². The van der Waals surface area contributed by atoms with Gasteiger partial charge in [-0.15, -0.1) is 5.10 Å². The molecule has 0 bridgehead atoms. The van der Waals surface area contributed by atoms with Crippen LogP contribution in [0.1, 0.15) is 26.3 Å². The van der Waals surface area contributed by atoms with Crippen molar-refractivity contribution in [2.45, 2.75) is 26.3 Å². The predicted molar refractivity (Wildman–Crippen MR) is 72.4 cm³/mol. The van der Waals surface area contributed by atoms with Gasteiger partial charge >= 0.3 is 0 Å². The summed E-state index contributed by atoms with van der Waals surface area (Å²) in [5.41, 5.74) is 1.07. The normalized spacial score (nSPS) is 18.5. The molecule has 2 aromatic rings. The number of hydrogen-bond donors (Lipinski definition) is 1. The second-order valence-electron chi connectivity index (χ2n) is 5.10. The van der Waals surface area contributed by atoms with Crippen molar-refractivity contribution in [1.82, 2.24) is 14.8 Å². The maximum atomic E-state index is 4.67. The van der Waals surface area contributed by atoms with Crippen molar-refractivity contribution >= 4 is 5.95 Å². The van der Waals surface area contributed by atoms with E-state index in [1.807, 2.05) is 30.3 Å². The second kappa shape index (κ2) is 4.44. The van der Waals surface area contributed by atoms with Gasteiger partial charge in [-0.05, 0) is 12.3 Å². The molecule has 0 amide bonds. The summed E-state index contributed by atoms with van der Waals surface area (Å²) in [5, 5.41) is 7.99. The molecule has 0 saturated heterocycles. The highest BCUT2D eigenvalue weighted by molar-refractivity contribution is 5.56. The molecule has 18 heavy (non-hydrogen) atoms. The van der Waals surface area contributed by atoms with Crippen LogP contribution in [-0.2, 0) is 0 Å². The van der Waals surface area contributed by atoms with Crippen LogP contribution in [0, 0.1) is 5.92 Å². The van der Waals surface area contributed by atoms with E-state index in [0.717, 1.165) is 30.3 Å². The first-order valence-electron chi connectivity index (χ1n) is 6.51. The minimum atomic E-state index is 0.450. The van der Waals surface area contributed by atoms with Crippen LogP contribution < -0.4 is 5.32 Å². The van der Waals surface area contributed by atoms with Gasteiger partial charge < -0.3 is 5.32 Å². The van der Waals surface area contributed by atoms with Gasteiger partial charge in [0.1, 0.15) is 0 Å². The van der Waals surface area contributed by atoms with E-state index in [2.05, 4.69) is 33.9 Å². The smallest absolute Gasteiger partial charge is 0.221 e. The number of nitrogens with zero attached hydrogens (tertiary/aromatic N) is 3. The van der Waals surface area contributed by atoms with Crippen LogP contribution in [0.15, 0.2) is 30.3 Å².